The van der Waals surface area contributed by atoms with Crippen LogP contribution in [0.15, 0.2) is 48.7 Å². The maximum atomic E-state index is 12.4. The van der Waals surface area contributed by atoms with Gasteiger partial charge in [0.05, 0.1) is 5.92 Å². The van der Waals surface area contributed by atoms with Crippen molar-refractivity contribution >= 4 is 23.3 Å². The molecule has 1 aliphatic rings. The van der Waals surface area contributed by atoms with Crippen LogP contribution >= 0.6 is 0 Å². The third-order valence-corrected chi connectivity index (χ3v) is 4.48. The quantitative estimate of drug-likeness (QED) is 0.878. The molecule has 0 radical (unpaired) electrons. The number of rotatable bonds is 6. The van der Waals surface area contributed by atoms with Crippen molar-refractivity contribution in [3.8, 4) is 0 Å². The van der Waals surface area contributed by atoms with Gasteiger partial charge in [0.1, 0.15) is 5.82 Å². The highest BCUT2D eigenvalue weighted by atomic mass is 16.2. The zero-order valence-corrected chi connectivity index (χ0v) is 14.4. The molecule has 1 aromatic heterocycles. The Morgan fingerprint density at radius 1 is 1.24 bits per heavy atom. The van der Waals surface area contributed by atoms with E-state index in [2.05, 4.69) is 29.4 Å². The average Bonchev–Trinajstić information content (AvgIpc) is 3.03. The lowest BCUT2D eigenvalue weighted by molar-refractivity contribution is -0.122. The summed E-state index contributed by atoms with van der Waals surface area (Å²) in [5, 5.41) is 2.78. The third-order valence-electron chi connectivity index (χ3n) is 4.48. The molecule has 1 N–H and O–H groups in total. The molecule has 1 aromatic carbocycles. The Labute approximate surface area is 148 Å². The highest BCUT2D eigenvalue weighted by Gasteiger charge is 2.35. The molecule has 0 bridgehead atoms. The van der Waals surface area contributed by atoms with Gasteiger partial charge < -0.3 is 10.2 Å². The van der Waals surface area contributed by atoms with E-state index < -0.39 is 0 Å². The molecule has 1 atom stereocenters. The standard InChI is InChI=1S/C20H23N3O2/c1-2-3-6-15-8-10-17(11-9-15)23-14-16(13-19(23)24)20(25)22-18-7-4-5-12-21-18/h4-5,7-12,16H,2-3,6,13-14H2,1H3,(H,21,22,25). The van der Waals surface area contributed by atoms with Crippen molar-refractivity contribution < 1.29 is 9.59 Å². The largest absolute Gasteiger partial charge is 0.312 e. The van der Waals surface area contributed by atoms with Gasteiger partial charge in [-0.1, -0.05) is 31.5 Å². The summed E-state index contributed by atoms with van der Waals surface area (Å²) in [6, 6.07) is 13.4. The van der Waals surface area contributed by atoms with E-state index in [-0.39, 0.29) is 24.2 Å². The van der Waals surface area contributed by atoms with E-state index in [9.17, 15) is 9.59 Å². The second kappa shape index (κ2) is 7.92. The third kappa shape index (κ3) is 4.24. The predicted molar refractivity (Wildman–Crippen MR) is 98.4 cm³/mol. The lowest BCUT2D eigenvalue weighted by atomic mass is 10.1. The Balaban J connectivity index is 1.63. The molecule has 2 heterocycles. The minimum absolute atomic E-state index is 0.0116. The van der Waals surface area contributed by atoms with Crippen molar-refractivity contribution in [3.05, 3.63) is 54.2 Å². The van der Waals surface area contributed by atoms with Crippen LogP contribution in [0.4, 0.5) is 11.5 Å². The number of hydrogen-bond acceptors (Lipinski definition) is 3. The van der Waals surface area contributed by atoms with E-state index in [1.165, 1.54) is 12.0 Å². The summed E-state index contributed by atoms with van der Waals surface area (Å²) in [6.07, 6.45) is 5.25. The highest BCUT2D eigenvalue weighted by Crippen LogP contribution is 2.26. The Morgan fingerprint density at radius 3 is 2.72 bits per heavy atom. The second-order valence-electron chi connectivity index (χ2n) is 6.38. The topological polar surface area (TPSA) is 62.3 Å². The number of nitrogens with zero attached hydrogens (tertiary/aromatic N) is 2. The fraction of sp³-hybridized carbons (Fsp3) is 0.350. The molecule has 5 heteroatoms. The SMILES string of the molecule is CCCCc1ccc(N2CC(C(=O)Nc3ccccn3)CC2=O)cc1. The average molecular weight is 337 g/mol. The summed E-state index contributed by atoms with van der Waals surface area (Å²) in [5.74, 6) is -0.00968. The number of aryl methyl sites for hydroxylation is 1. The number of unbranched alkanes of at least 4 members (excludes halogenated alkanes) is 1. The maximum Gasteiger partial charge on any atom is 0.230 e. The Bertz CT molecular complexity index is 728. The summed E-state index contributed by atoms with van der Waals surface area (Å²) in [5.41, 5.74) is 2.14. The Kier molecular flexibility index (Phi) is 5.43. The number of benzene rings is 1. The number of pyridine rings is 1. The second-order valence-corrected chi connectivity index (χ2v) is 6.38. The number of aromatic nitrogens is 1. The summed E-state index contributed by atoms with van der Waals surface area (Å²) < 4.78 is 0. The predicted octanol–water partition coefficient (Wildman–Crippen LogP) is 3.42. The first-order valence-electron chi connectivity index (χ1n) is 8.78. The highest BCUT2D eigenvalue weighted by molar-refractivity contribution is 6.03. The first-order valence-corrected chi connectivity index (χ1v) is 8.78. The van der Waals surface area contributed by atoms with Gasteiger partial charge in [-0.05, 0) is 42.7 Å². The lowest BCUT2D eigenvalue weighted by Crippen LogP contribution is -2.28. The van der Waals surface area contributed by atoms with Gasteiger partial charge in [0.2, 0.25) is 11.8 Å². The van der Waals surface area contributed by atoms with Gasteiger partial charge in [0, 0.05) is 24.8 Å². The van der Waals surface area contributed by atoms with Crippen molar-refractivity contribution in [2.45, 2.75) is 32.6 Å². The van der Waals surface area contributed by atoms with Gasteiger partial charge in [-0.15, -0.1) is 0 Å². The molecule has 0 spiro atoms. The monoisotopic (exact) mass is 337 g/mol. The molecule has 5 nitrogen and oxygen atoms in total. The molecule has 1 fully saturated rings. The molecule has 0 aliphatic carbocycles. The van der Waals surface area contributed by atoms with Crippen LogP contribution in [0.3, 0.4) is 0 Å². The van der Waals surface area contributed by atoms with Crippen LogP contribution < -0.4 is 10.2 Å². The molecular formula is C20H23N3O2. The van der Waals surface area contributed by atoms with Gasteiger partial charge >= 0.3 is 0 Å². The van der Waals surface area contributed by atoms with Gasteiger partial charge in [-0.2, -0.15) is 0 Å². The first kappa shape index (κ1) is 17.1. The Morgan fingerprint density at radius 2 is 2.04 bits per heavy atom. The van der Waals surface area contributed by atoms with Crippen LogP contribution in [-0.2, 0) is 16.0 Å². The fourth-order valence-electron chi connectivity index (χ4n) is 3.02. The van der Waals surface area contributed by atoms with E-state index in [0.29, 0.717) is 12.4 Å². The molecule has 2 amide bonds. The molecule has 1 unspecified atom stereocenters. The molecule has 0 saturated carbocycles. The van der Waals surface area contributed by atoms with E-state index in [0.717, 1.165) is 18.5 Å². The zero-order valence-electron chi connectivity index (χ0n) is 14.4. The number of carbonyl (C=O) groups excluding carboxylic acids is 2. The molecular weight excluding hydrogens is 314 g/mol. The maximum absolute atomic E-state index is 12.4. The number of anilines is 2. The van der Waals surface area contributed by atoms with E-state index in [1.807, 2.05) is 18.2 Å². The van der Waals surface area contributed by atoms with Crippen LogP contribution in [-0.4, -0.2) is 23.3 Å². The van der Waals surface area contributed by atoms with Crippen LogP contribution in [0.2, 0.25) is 0 Å². The molecule has 3 rings (SSSR count). The normalized spacial score (nSPS) is 16.9. The summed E-state index contributed by atoms with van der Waals surface area (Å²) in [4.78, 5) is 30.5. The van der Waals surface area contributed by atoms with E-state index >= 15 is 0 Å². The van der Waals surface area contributed by atoms with Crippen molar-refractivity contribution in [3.63, 3.8) is 0 Å². The van der Waals surface area contributed by atoms with Crippen molar-refractivity contribution in [1.29, 1.82) is 0 Å². The van der Waals surface area contributed by atoms with Gasteiger partial charge in [-0.3, -0.25) is 9.59 Å². The summed E-state index contributed by atoms with van der Waals surface area (Å²) in [6.45, 7) is 2.58. The lowest BCUT2D eigenvalue weighted by Gasteiger charge is -2.17. The van der Waals surface area contributed by atoms with Crippen LogP contribution in [0.1, 0.15) is 31.7 Å². The van der Waals surface area contributed by atoms with Crippen molar-refractivity contribution in [1.82, 2.24) is 4.98 Å². The van der Waals surface area contributed by atoms with Crippen molar-refractivity contribution in [2.75, 3.05) is 16.8 Å². The van der Waals surface area contributed by atoms with Gasteiger partial charge in [0.25, 0.3) is 0 Å². The first-order chi connectivity index (χ1) is 12.2. The molecule has 130 valence electrons. The van der Waals surface area contributed by atoms with Crippen molar-refractivity contribution in [2.24, 2.45) is 5.92 Å². The van der Waals surface area contributed by atoms with Gasteiger partial charge in [-0.25, -0.2) is 4.98 Å². The number of hydrogen-bond donors (Lipinski definition) is 1. The Hall–Kier alpha value is -2.69. The van der Waals surface area contributed by atoms with Gasteiger partial charge in [0.15, 0.2) is 0 Å². The molecule has 1 aliphatic heterocycles. The molecule has 25 heavy (non-hydrogen) atoms. The van der Waals surface area contributed by atoms with Crippen LogP contribution in [0.25, 0.3) is 0 Å². The minimum atomic E-state index is -0.353. The van der Waals surface area contributed by atoms with Crippen LogP contribution in [0, 0.1) is 5.92 Å². The number of carbonyl (C=O) groups is 2. The van der Waals surface area contributed by atoms with E-state index in [1.54, 1.807) is 23.2 Å². The minimum Gasteiger partial charge on any atom is -0.312 e. The number of nitrogens with one attached hydrogen (secondary N) is 1. The van der Waals surface area contributed by atoms with Crippen LogP contribution in [0.5, 0.6) is 0 Å². The molecule has 1 saturated heterocycles. The summed E-state index contributed by atoms with van der Waals surface area (Å²) >= 11 is 0. The zero-order chi connectivity index (χ0) is 17.6. The fourth-order valence-corrected chi connectivity index (χ4v) is 3.02. The smallest absolute Gasteiger partial charge is 0.230 e. The van der Waals surface area contributed by atoms with E-state index in [4.69, 9.17) is 0 Å². The summed E-state index contributed by atoms with van der Waals surface area (Å²) in [7, 11) is 0. The molecule has 2 aromatic rings. The number of amides is 2.